The van der Waals surface area contributed by atoms with Crippen LogP contribution in [0.3, 0.4) is 0 Å². The van der Waals surface area contributed by atoms with Crippen LogP contribution in [0.1, 0.15) is 0 Å². The first-order valence-corrected chi connectivity index (χ1v) is 22.1. The Hall–Kier alpha value is -7.78. The molecule has 0 aliphatic carbocycles. The zero-order valence-electron chi connectivity index (χ0n) is 33.9. The van der Waals surface area contributed by atoms with E-state index in [1.54, 1.807) is 0 Å². The molecule has 62 heavy (non-hydrogen) atoms. The van der Waals surface area contributed by atoms with Gasteiger partial charge in [-0.25, -0.2) is 0 Å². The third-order valence-corrected chi connectivity index (χ3v) is 13.6. The van der Waals surface area contributed by atoms with Gasteiger partial charge in [0.15, 0.2) is 0 Å². The maximum atomic E-state index is 2.46. The number of nitrogens with zero attached hydrogens (tertiary/aromatic N) is 1. The standard InChI is InChI=1S/C60H39NS/c1-3-18-41(19-4-1)59-54-29-10-9-27-50(54)51-35-33-44(38-55(51)60(59)42-20-5-2-6-21-42)49-26-11-13-31-56(49)61(46-34-36-53-52-28-12-14-32-57(52)62-58(53)39-46)45-24-15-23-43(37-45)48-30-16-22-40-17-7-8-25-47(40)48/h1-39H. The van der Waals surface area contributed by atoms with E-state index in [4.69, 9.17) is 0 Å². The van der Waals surface area contributed by atoms with E-state index in [1.807, 2.05) is 11.3 Å². The van der Waals surface area contributed by atoms with Gasteiger partial charge in [-0.3, -0.25) is 0 Å². The zero-order chi connectivity index (χ0) is 41.0. The molecular weight excluding hydrogens is 767 g/mol. The number of hydrogen-bond acceptors (Lipinski definition) is 2. The van der Waals surface area contributed by atoms with Crippen molar-refractivity contribution < 1.29 is 0 Å². The monoisotopic (exact) mass is 805 g/mol. The molecule has 1 nitrogen and oxygen atoms in total. The summed E-state index contributed by atoms with van der Waals surface area (Å²) in [5.74, 6) is 0. The molecule has 0 atom stereocenters. The molecular formula is C60H39NS. The van der Waals surface area contributed by atoms with E-state index >= 15 is 0 Å². The molecule has 12 rings (SSSR count). The maximum Gasteiger partial charge on any atom is 0.0540 e. The predicted molar refractivity (Wildman–Crippen MR) is 268 cm³/mol. The van der Waals surface area contributed by atoms with Crippen molar-refractivity contribution in [3.8, 4) is 44.5 Å². The topological polar surface area (TPSA) is 3.24 Å². The van der Waals surface area contributed by atoms with Gasteiger partial charge in [-0.15, -0.1) is 11.3 Å². The smallest absolute Gasteiger partial charge is 0.0540 e. The molecule has 0 bridgehead atoms. The van der Waals surface area contributed by atoms with Crippen molar-refractivity contribution in [3.05, 3.63) is 237 Å². The number of fused-ring (bicyclic) bond motifs is 7. The predicted octanol–water partition coefficient (Wildman–Crippen LogP) is 17.7. The molecule has 0 aliphatic heterocycles. The number of benzene rings is 11. The molecule has 12 aromatic rings. The van der Waals surface area contributed by atoms with Crippen molar-refractivity contribution in [2.24, 2.45) is 0 Å². The molecule has 290 valence electrons. The first-order valence-electron chi connectivity index (χ1n) is 21.3. The first-order chi connectivity index (χ1) is 30.8. The van der Waals surface area contributed by atoms with E-state index < -0.39 is 0 Å². The minimum atomic E-state index is 1.10. The lowest BCUT2D eigenvalue weighted by Crippen LogP contribution is -2.11. The fraction of sp³-hybridized carbons (Fsp3) is 0. The second kappa shape index (κ2) is 15.0. The summed E-state index contributed by atoms with van der Waals surface area (Å²) in [6.45, 7) is 0. The quantitative estimate of drug-likeness (QED) is 0.145. The van der Waals surface area contributed by atoms with Crippen LogP contribution in [0.2, 0.25) is 0 Å². The Morgan fingerprint density at radius 2 is 0.806 bits per heavy atom. The van der Waals surface area contributed by atoms with Gasteiger partial charge in [0.2, 0.25) is 0 Å². The van der Waals surface area contributed by atoms with E-state index in [0.29, 0.717) is 0 Å². The number of para-hydroxylation sites is 1. The lowest BCUT2D eigenvalue weighted by molar-refractivity contribution is 1.29. The zero-order valence-corrected chi connectivity index (χ0v) is 34.7. The Balaban J connectivity index is 1.11. The van der Waals surface area contributed by atoms with Gasteiger partial charge >= 0.3 is 0 Å². The summed E-state index contributed by atoms with van der Waals surface area (Å²) in [6, 6.07) is 86.9. The fourth-order valence-electron chi connectivity index (χ4n) is 9.65. The van der Waals surface area contributed by atoms with Crippen molar-refractivity contribution in [1.82, 2.24) is 0 Å². The lowest BCUT2D eigenvalue weighted by atomic mass is 9.84. The Bertz CT molecular complexity index is 3630. The van der Waals surface area contributed by atoms with Crippen molar-refractivity contribution in [3.63, 3.8) is 0 Å². The van der Waals surface area contributed by atoms with Crippen molar-refractivity contribution in [2.45, 2.75) is 0 Å². The SMILES string of the molecule is c1ccc(-c2c(-c3ccccc3)c3cc(-c4ccccc4N(c4cccc(-c5cccc6ccccc56)c4)c4ccc5c(c4)sc4ccccc45)ccc3c3ccccc23)cc1. The van der Waals surface area contributed by atoms with Crippen LogP contribution in [0, 0.1) is 0 Å². The van der Waals surface area contributed by atoms with Crippen LogP contribution in [0.25, 0.3) is 97.0 Å². The molecule has 1 heterocycles. The van der Waals surface area contributed by atoms with Gasteiger partial charge < -0.3 is 4.90 Å². The Kier molecular flexibility index (Phi) is 8.76. The third-order valence-electron chi connectivity index (χ3n) is 12.4. The van der Waals surface area contributed by atoms with Crippen LogP contribution in [-0.4, -0.2) is 0 Å². The molecule has 0 spiro atoms. The Morgan fingerprint density at radius 1 is 0.274 bits per heavy atom. The summed E-state index contributed by atoms with van der Waals surface area (Å²) in [7, 11) is 0. The average molecular weight is 806 g/mol. The second-order valence-corrected chi connectivity index (χ2v) is 17.1. The summed E-state index contributed by atoms with van der Waals surface area (Å²) in [4.78, 5) is 2.46. The van der Waals surface area contributed by atoms with Crippen LogP contribution >= 0.6 is 11.3 Å². The number of rotatable bonds is 7. The lowest BCUT2D eigenvalue weighted by Gasteiger charge is -2.28. The number of thiophene rings is 1. The van der Waals surface area contributed by atoms with E-state index in [0.717, 1.165) is 28.2 Å². The molecule has 1 aromatic heterocycles. The van der Waals surface area contributed by atoms with Crippen LogP contribution in [0.4, 0.5) is 17.1 Å². The first kappa shape index (κ1) is 36.1. The molecule has 11 aromatic carbocycles. The van der Waals surface area contributed by atoms with Crippen LogP contribution in [0.5, 0.6) is 0 Å². The van der Waals surface area contributed by atoms with Gasteiger partial charge in [-0.2, -0.15) is 0 Å². The Morgan fingerprint density at radius 3 is 1.63 bits per heavy atom. The van der Waals surface area contributed by atoms with Crippen LogP contribution in [-0.2, 0) is 0 Å². The van der Waals surface area contributed by atoms with Crippen molar-refractivity contribution >= 4 is 80.9 Å². The summed E-state index contributed by atoms with van der Waals surface area (Å²) in [5.41, 5.74) is 13.0. The van der Waals surface area contributed by atoms with Crippen molar-refractivity contribution in [1.29, 1.82) is 0 Å². The van der Waals surface area contributed by atoms with E-state index in [-0.39, 0.29) is 0 Å². The highest BCUT2D eigenvalue weighted by Crippen LogP contribution is 2.48. The Labute approximate surface area is 365 Å². The maximum absolute atomic E-state index is 2.46. The van der Waals surface area contributed by atoms with E-state index in [9.17, 15) is 0 Å². The van der Waals surface area contributed by atoms with Gasteiger partial charge in [-0.05, 0) is 114 Å². The molecule has 0 N–H and O–H groups in total. The van der Waals surface area contributed by atoms with Gasteiger partial charge in [-0.1, -0.05) is 194 Å². The largest absolute Gasteiger partial charge is 0.310 e. The fourth-order valence-corrected chi connectivity index (χ4v) is 10.8. The average Bonchev–Trinajstić information content (AvgIpc) is 3.72. The van der Waals surface area contributed by atoms with Gasteiger partial charge in [0.05, 0.1) is 5.69 Å². The van der Waals surface area contributed by atoms with Gasteiger partial charge in [0.25, 0.3) is 0 Å². The molecule has 0 amide bonds. The highest BCUT2D eigenvalue weighted by Gasteiger charge is 2.22. The van der Waals surface area contributed by atoms with Crippen LogP contribution < -0.4 is 4.90 Å². The van der Waals surface area contributed by atoms with Crippen molar-refractivity contribution in [2.75, 3.05) is 4.90 Å². The molecule has 0 radical (unpaired) electrons. The van der Waals surface area contributed by atoms with E-state index in [1.165, 1.54) is 85.9 Å². The van der Waals surface area contributed by atoms with Gasteiger partial charge in [0, 0.05) is 37.1 Å². The number of hydrogen-bond donors (Lipinski definition) is 0. The molecule has 2 heteroatoms. The summed E-state index contributed by atoms with van der Waals surface area (Å²) in [5, 5.41) is 10.1. The summed E-state index contributed by atoms with van der Waals surface area (Å²) in [6.07, 6.45) is 0. The number of anilines is 3. The van der Waals surface area contributed by atoms with E-state index in [2.05, 4.69) is 241 Å². The highest BCUT2D eigenvalue weighted by atomic mass is 32.1. The summed E-state index contributed by atoms with van der Waals surface area (Å²) >= 11 is 1.86. The molecule has 0 saturated carbocycles. The minimum Gasteiger partial charge on any atom is -0.310 e. The molecule has 0 aliphatic rings. The van der Waals surface area contributed by atoms with Crippen LogP contribution in [0.15, 0.2) is 237 Å². The summed E-state index contributed by atoms with van der Waals surface area (Å²) < 4.78 is 2.58. The minimum absolute atomic E-state index is 1.10. The molecule has 0 unspecified atom stereocenters. The third kappa shape index (κ3) is 6.07. The highest BCUT2D eigenvalue weighted by molar-refractivity contribution is 7.25. The van der Waals surface area contributed by atoms with Gasteiger partial charge in [0.1, 0.15) is 0 Å². The second-order valence-electron chi connectivity index (χ2n) is 16.0. The molecule has 0 saturated heterocycles. The normalized spacial score (nSPS) is 11.5. The molecule has 0 fully saturated rings.